The average Bonchev–Trinajstić information content (AvgIpc) is 2.46. The van der Waals surface area contributed by atoms with E-state index in [9.17, 15) is 10.1 Å². The van der Waals surface area contributed by atoms with Crippen LogP contribution in [0.3, 0.4) is 0 Å². The van der Waals surface area contributed by atoms with Crippen molar-refractivity contribution in [2.24, 2.45) is 0 Å². The predicted octanol–water partition coefficient (Wildman–Crippen LogP) is 2.43. The van der Waals surface area contributed by atoms with Crippen LogP contribution in [0.2, 0.25) is 5.02 Å². The fourth-order valence-electron chi connectivity index (χ4n) is 1.39. The number of nitro groups is 1. The summed E-state index contributed by atoms with van der Waals surface area (Å²) >= 11 is 5.72. The van der Waals surface area contributed by atoms with E-state index in [2.05, 4.69) is 10.2 Å². The summed E-state index contributed by atoms with van der Waals surface area (Å²) in [6, 6.07) is 2.92. The first-order valence-corrected chi connectivity index (χ1v) is 4.26. The van der Waals surface area contributed by atoms with E-state index in [1.54, 1.807) is 13.0 Å². The summed E-state index contributed by atoms with van der Waals surface area (Å²) in [4.78, 5) is 10.3. The van der Waals surface area contributed by atoms with Gasteiger partial charge in [0.2, 0.25) is 0 Å². The van der Waals surface area contributed by atoms with E-state index in [4.69, 9.17) is 11.6 Å². The third-order valence-electron chi connectivity index (χ3n) is 1.98. The van der Waals surface area contributed by atoms with Crippen LogP contribution in [0.25, 0.3) is 10.9 Å². The third kappa shape index (κ3) is 1.22. The minimum atomic E-state index is -0.462. The third-order valence-corrected chi connectivity index (χ3v) is 2.20. The molecule has 1 aromatic carbocycles. The molecule has 0 unspecified atom stereocenters. The van der Waals surface area contributed by atoms with Gasteiger partial charge in [-0.25, -0.2) is 0 Å². The Balaban J connectivity index is 2.90. The Morgan fingerprint density at radius 3 is 2.93 bits per heavy atom. The number of non-ortho nitro benzene ring substituents is 1. The van der Waals surface area contributed by atoms with Gasteiger partial charge in [0.15, 0.2) is 0 Å². The SMILES string of the molecule is Cc1[nH]nc2cc(Cl)cc([N+](=O)[O-])c12. The van der Waals surface area contributed by atoms with Crippen molar-refractivity contribution >= 4 is 28.2 Å². The van der Waals surface area contributed by atoms with Crippen LogP contribution in [0.4, 0.5) is 5.69 Å². The van der Waals surface area contributed by atoms with Gasteiger partial charge in [-0.1, -0.05) is 11.6 Å². The summed E-state index contributed by atoms with van der Waals surface area (Å²) in [5.41, 5.74) is 1.17. The molecule has 1 heterocycles. The average molecular weight is 212 g/mol. The molecular formula is C8H6ClN3O2. The number of fused-ring (bicyclic) bond motifs is 1. The van der Waals surface area contributed by atoms with Crippen molar-refractivity contribution in [1.29, 1.82) is 0 Å². The highest BCUT2D eigenvalue weighted by atomic mass is 35.5. The van der Waals surface area contributed by atoms with Crippen molar-refractivity contribution in [1.82, 2.24) is 10.2 Å². The second kappa shape index (κ2) is 2.95. The number of hydrogen-bond donors (Lipinski definition) is 1. The maximum atomic E-state index is 10.7. The molecule has 2 rings (SSSR count). The Hall–Kier alpha value is -1.62. The maximum absolute atomic E-state index is 10.7. The van der Waals surface area contributed by atoms with E-state index >= 15 is 0 Å². The van der Waals surface area contributed by atoms with Gasteiger partial charge in [-0.05, 0) is 13.0 Å². The number of rotatable bonds is 1. The molecule has 0 saturated carbocycles. The van der Waals surface area contributed by atoms with Crippen molar-refractivity contribution in [2.45, 2.75) is 6.92 Å². The lowest BCUT2D eigenvalue weighted by Crippen LogP contribution is -1.89. The van der Waals surface area contributed by atoms with Crippen LogP contribution in [0.5, 0.6) is 0 Å². The molecule has 1 aromatic heterocycles. The molecule has 0 saturated heterocycles. The maximum Gasteiger partial charge on any atom is 0.282 e. The Morgan fingerprint density at radius 2 is 2.29 bits per heavy atom. The second-order valence-electron chi connectivity index (χ2n) is 2.92. The van der Waals surface area contributed by atoms with Gasteiger partial charge in [0.25, 0.3) is 5.69 Å². The predicted molar refractivity (Wildman–Crippen MR) is 52.5 cm³/mol. The zero-order chi connectivity index (χ0) is 10.3. The lowest BCUT2D eigenvalue weighted by molar-refractivity contribution is -0.383. The van der Waals surface area contributed by atoms with Gasteiger partial charge in [-0.3, -0.25) is 15.2 Å². The molecule has 6 heteroatoms. The Bertz CT molecular complexity index is 521. The molecule has 0 aliphatic rings. The van der Waals surface area contributed by atoms with Crippen LogP contribution in [-0.2, 0) is 0 Å². The van der Waals surface area contributed by atoms with Crippen LogP contribution >= 0.6 is 11.6 Å². The summed E-state index contributed by atoms with van der Waals surface area (Å²) in [6.07, 6.45) is 0. The van der Waals surface area contributed by atoms with Crippen LogP contribution in [0.1, 0.15) is 5.69 Å². The first-order valence-electron chi connectivity index (χ1n) is 3.88. The topological polar surface area (TPSA) is 71.8 Å². The van der Waals surface area contributed by atoms with Gasteiger partial charge in [0.05, 0.1) is 4.92 Å². The number of benzene rings is 1. The summed E-state index contributed by atoms with van der Waals surface area (Å²) < 4.78 is 0. The van der Waals surface area contributed by atoms with Crippen LogP contribution in [0, 0.1) is 17.0 Å². The number of nitrogens with zero attached hydrogens (tertiary/aromatic N) is 2. The Morgan fingerprint density at radius 1 is 1.57 bits per heavy atom. The van der Waals surface area contributed by atoms with Gasteiger partial charge in [0, 0.05) is 16.8 Å². The molecule has 2 aromatic rings. The molecule has 72 valence electrons. The number of aromatic nitrogens is 2. The first-order chi connectivity index (χ1) is 6.59. The number of hydrogen-bond acceptors (Lipinski definition) is 3. The fourth-order valence-corrected chi connectivity index (χ4v) is 1.60. The molecule has 14 heavy (non-hydrogen) atoms. The molecule has 1 N–H and O–H groups in total. The molecule has 0 aliphatic heterocycles. The number of aromatic amines is 1. The fraction of sp³-hybridized carbons (Fsp3) is 0.125. The van der Waals surface area contributed by atoms with Gasteiger partial charge in [-0.2, -0.15) is 5.10 Å². The molecule has 5 nitrogen and oxygen atoms in total. The van der Waals surface area contributed by atoms with Gasteiger partial charge < -0.3 is 0 Å². The van der Waals surface area contributed by atoms with Crippen LogP contribution in [0.15, 0.2) is 12.1 Å². The molecule has 0 radical (unpaired) electrons. The quantitative estimate of drug-likeness (QED) is 0.582. The highest BCUT2D eigenvalue weighted by Gasteiger charge is 2.17. The highest BCUT2D eigenvalue weighted by molar-refractivity contribution is 6.31. The zero-order valence-electron chi connectivity index (χ0n) is 7.24. The van der Waals surface area contributed by atoms with E-state index in [1.165, 1.54) is 6.07 Å². The first kappa shape index (κ1) is 8.96. The highest BCUT2D eigenvalue weighted by Crippen LogP contribution is 2.30. The Kier molecular flexibility index (Phi) is 1.89. The largest absolute Gasteiger partial charge is 0.282 e. The van der Waals surface area contributed by atoms with Crippen molar-refractivity contribution in [3.05, 3.63) is 33.0 Å². The number of nitrogens with one attached hydrogen (secondary N) is 1. The normalized spacial score (nSPS) is 10.7. The van der Waals surface area contributed by atoms with Crippen molar-refractivity contribution in [3.63, 3.8) is 0 Å². The molecule has 0 spiro atoms. The van der Waals surface area contributed by atoms with E-state index in [1.807, 2.05) is 0 Å². The van der Waals surface area contributed by atoms with Crippen LogP contribution in [-0.4, -0.2) is 15.1 Å². The Labute approximate surface area is 83.8 Å². The number of halogens is 1. The van der Waals surface area contributed by atoms with E-state index in [-0.39, 0.29) is 5.69 Å². The summed E-state index contributed by atoms with van der Waals surface area (Å²) in [5.74, 6) is 0. The van der Waals surface area contributed by atoms with Crippen LogP contribution < -0.4 is 0 Å². The smallest absolute Gasteiger partial charge is 0.281 e. The van der Waals surface area contributed by atoms with Gasteiger partial charge >= 0.3 is 0 Å². The zero-order valence-corrected chi connectivity index (χ0v) is 8.00. The molecular weight excluding hydrogens is 206 g/mol. The number of aryl methyl sites for hydroxylation is 1. The standard InChI is InChI=1S/C8H6ClN3O2/c1-4-8-6(11-10-4)2-5(9)3-7(8)12(13)14/h2-3H,1H3,(H,10,11). The van der Waals surface area contributed by atoms with E-state index < -0.39 is 4.92 Å². The molecule has 0 atom stereocenters. The molecule has 0 bridgehead atoms. The molecule has 0 aliphatic carbocycles. The van der Waals surface area contributed by atoms with Crippen molar-refractivity contribution < 1.29 is 4.92 Å². The monoisotopic (exact) mass is 211 g/mol. The number of H-pyrrole nitrogens is 1. The summed E-state index contributed by atoms with van der Waals surface area (Å²) in [7, 11) is 0. The molecule has 0 amide bonds. The lowest BCUT2D eigenvalue weighted by Gasteiger charge is -1.95. The van der Waals surface area contributed by atoms with E-state index in [0.717, 1.165) is 0 Å². The summed E-state index contributed by atoms with van der Waals surface area (Å²) in [6.45, 7) is 1.73. The second-order valence-corrected chi connectivity index (χ2v) is 3.36. The minimum Gasteiger partial charge on any atom is -0.281 e. The van der Waals surface area contributed by atoms with Gasteiger partial charge in [-0.15, -0.1) is 0 Å². The summed E-state index contributed by atoms with van der Waals surface area (Å²) in [5, 5.41) is 18.1. The van der Waals surface area contributed by atoms with Crippen molar-refractivity contribution in [3.8, 4) is 0 Å². The minimum absolute atomic E-state index is 0.0150. The lowest BCUT2D eigenvalue weighted by atomic mass is 10.2. The molecule has 0 fully saturated rings. The van der Waals surface area contributed by atoms with Gasteiger partial charge in [0.1, 0.15) is 10.9 Å². The number of nitro benzene ring substituents is 1. The van der Waals surface area contributed by atoms with Crippen molar-refractivity contribution in [2.75, 3.05) is 0 Å². The van der Waals surface area contributed by atoms with E-state index in [0.29, 0.717) is 21.6 Å².